The van der Waals surface area contributed by atoms with Crippen LogP contribution in [-0.4, -0.2) is 30.6 Å². The van der Waals surface area contributed by atoms with E-state index in [1.165, 1.54) is 31.2 Å². The zero-order chi connectivity index (χ0) is 14.1. The highest BCUT2D eigenvalue weighted by Crippen LogP contribution is 2.37. The normalized spacial score (nSPS) is 29.1. The summed E-state index contributed by atoms with van der Waals surface area (Å²) in [5.41, 5.74) is 2.96. The molecule has 3 rings (SSSR count). The van der Waals surface area contributed by atoms with Gasteiger partial charge in [0.15, 0.2) is 0 Å². The molecule has 0 aromatic heterocycles. The van der Waals surface area contributed by atoms with Crippen LogP contribution in [0.15, 0.2) is 18.2 Å². The van der Waals surface area contributed by atoms with Crippen LogP contribution in [0.5, 0.6) is 0 Å². The van der Waals surface area contributed by atoms with E-state index in [0.717, 1.165) is 35.8 Å². The molecule has 2 unspecified atom stereocenters. The average Bonchev–Trinajstić information content (AvgIpc) is 2.66. The molecule has 2 heterocycles. The standard InChI is InChI=1S/C17H23N3/c1-12-3-4-14(10-18)17(7-12)19-11-13-8-15-5-6-16(9-13)20(15)2/h3-4,7,13,15-16,19H,5-6,8-9,11H2,1-2H3. The maximum Gasteiger partial charge on any atom is 0.101 e. The molecule has 20 heavy (non-hydrogen) atoms. The first-order valence-corrected chi connectivity index (χ1v) is 7.64. The number of anilines is 1. The molecule has 0 amide bonds. The van der Waals surface area contributed by atoms with Crippen LogP contribution in [-0.2, 0) is 0 Å². The summed E-state index contributed by atoms with van der Waals surface area (Å²) in [5.74, 6) is 0.746. The van der Waals surface area contributed by atoms with Gasteiger partial charge in [-0.15, -0.1) is 0 Å². The van der Waals surface area contributed by atoms with Gasteiger partial charge in [-0.1, -0.05) is 6.07 Å². The molecule has 2 aliphatic rings. The first-order chi connectivity index (χ1) is 9.67. The number of nitriles is 1. The summed E-state index contributed by atoms with van der Waals surface area (Å²) in [6.45, 7) is 3.07. The van der Waals surface area contributed by atoms with Crippen LogP contribution in [0.3, 0.4) is 0 Å². The van der Waals surface area contributed by atoms with Crippen molar-refractivity contribution in [2.45, 2.75) is 44.7 Å². The lowest BCUT2D eigenvalue weighted by Crippen LogP contribution is -2.41. The summed E-state index contributed by atoms with van der Waals surface area (Å²) in [6, 6.07) is 9.85. The van der Waals surface area contributed by atoms with Crippen molar-refractivity contribution in [3.8, 4) is 6.07 Å². The molecule has 2 aliphatic heterocycles. The highest BCUT2D eigenvalue weighted by Gasteiger charge is 2.38. The molecule has 2 saturated heterocycles. The maximum absolute atomic E-state index is 9.18. The van der Waals surface area contributed by atoms with E-state index in [9.17, 15) is 5.26 Å². The second-order valence-electron chi connectivity index (χ2n) is 6.43. The number of rotatable bonds is 3. The molecule has 106 valence electrons. The molecule has 1 N–H and O–H groups in total. The monoisotopic (exact) mass is 269 g/mol. The molecule has 0 saturated carbocycles. The van der Waals surface area contributed by atoms with Gasteiger partial charge in [-0.2, -0.15) is 5.26 Å². The van der Waals surface area contributed by atoms with Gasteiger partial charge < -0.3 is 10.2 Å². The predicted molar refractivity (Wildman–Crippen MR) is 81.7 cm³/mol. The molecule has 3 heteroatoms. The Labute approximate surface area is 121 Å². The minimum atomic E-state index is 0.746. The highest BCUT2D eigenvalue weighted by molar-refractivity contribution is 5.58. The minimum absolute atomic E-state index is 0.746. The fourth-order valence-corrected chi connectivity index (χ4v) is 3.85. The largest absolute Gasteiger partial charge is 0.384 e. The van der Waals surface area contributed by atoms with Crippen LogP contribution in [0.4, 0.5) is 5.69 Å². The third-order valence-corrected chi connectivity index (χ3v) is 5.07. The molecule has 0 radical (unpaired) electrons. The Bertz CT molecular complexity index is 518. The lowest BCUT2D eigenvalue weighted by atomic mass is 9.91. The van der Waals surface area contributed by atoms with E-state index in [1.54, 1.807) is 0 Å². The van der Waals surface area contributed by atoms with Gasteiger partial charge in [0.2, 0.25) is 0 Å². The second-order valence-corrected chi connectivity index (χ2v) is 6.43. The van der Waals surface area contributed by atoms with Crippen molar-refractivity contribution in [3.05, 3.63) is 29.3 Å². The van der Waals surface area contributed by atoms with E-state index < -0.39 is 0 Å². The van der Waals surface area contributed by atoms with E-state index in [-0.39, 0.29) is 0 Å². The molecular weight excluding hydrogens is 246 g/mol. The summed E-state index contributed by atoms with van der Waals surface area (Å²) in [6.07, 6.45) is 5.33. The summed E-state index contributed by atoms with van der Waals surface area (Å²) in [7, 11) is 2.28. The summed E-state index contributed by atoms with van der Waals surface area (Å²) in [5, 5.41) is 12.7. The van der Waals surface area contributed by atoms with Gasteiger partial charge in [0, 0.05) is 18.6 Å². The Kier molecular flexibility index (Phi) is 3.67. The fraction of sp³-hybridized carbons (Fsp3) is 0.588. The van der Waals surface area contributed by atoms with Crippen molar-refractivity contribution < 1.29 is 0 Å². The Morgan fingerprint density at radius 3 is 2.65 bits per heavy atom. The van der Waals surface area contributed by atoms with E-state index in [4.69, 9.17) is 0 Å². The van der Waals surface area contributed by atoms with Crippen LogP contribution >= 0.6 is 0 Å². The molecular formula is C17H23N3. The van der Waals surface area contributed by atoms with Gasteiger partial charge in [-0.05, 0) is 63.3 Å². The van der Waals surface area contributed by atoms with Gasteiger partial charge in [-0.25, -0.2) is 0 Å². The molecule has 0 aliphatic carbocycles. The van der Waals surface area contributed by atoms with E-state index in [2.05, 4.69) is 36.3 Å². The molecule has 3 nitrogen and oxygen atoms in total. The Balaban J connectivity index is 1.63. The van der Waals surface area contributed by atoms with Crippen molar-refractivity contribution in [2.24, 2.45) is 5.92 Å². The first kappa shape index (κ1) is 13.5. The Morgan fingerprint density at radius 2 is 2.00 bits per heavy atom. The Hall–Kier alpha value is -1.53. The van der Waals surface area contributed by atoms with Gasteiger partial charge in [0.1, 0.15) is 6.07 Å². The van der Waals surface area contributed by atoms with Crippen molar-refractivity contribution in [1.82, 2.24) is 4.90 Å². The zero-order valence-corrected chi connectivity index (χ0v) is 12.4. The lowest BCUT2D eigenvalue weighted by Gasteiger charge is -2.36. The van der Waals surface area contributed by atoms with Crippen LogP contribution in [0, 0.1) is 24.2 Å². The van der Waals surface area contributed by atoms with Gasteiger partial charge in [0.25, 0.3) is 0 Å². The number of piperidine rings is 1. The number of nitrogens with zero attached hydrogens (tertiary/aromatic N) is 2. The van der Waals surface area contributed by atoms with Crippen LogP contribution in [0.2, 0.25) is 0 Å². The third kappa shape index (κ3) is 2.53. The molecule has 2 fully saturated rings. The quantitative estimate of drug-likeness (QED) is 0.916. The SMILES string of the molecule is Cc1ccc(C#N)c(NCC2CC3CCC(C2)N3C)c1. The molecule has 2 atom stereocenters. The molecule has 1 aromatic carbocycles. The van der Waals surface area contributed by atoms with E-state index >= 15 is 0 Å². The fourth-order valence-electron chi connectivity index (χ4n) is 3.85. The minimum Gasteiger partial charge on any atom is -0.384 e. The van der Waals surface area contributed by atoms with Gasteiger partial charge >= 0.3 is 0 Å². The highest BCUT2D eigenvalue weighted by atomic mass is 15.2. The van der Waals surface area contributed by atoms with Crippen molar-refractivity contribution in [1.29, 1.82) is 5.26 Å². The number of nitrogens with one attached hydrogen (secondary N) is 1. The topological polar surface area (TPSA) is 39.1 Å². The Morgan fingerprint density at radius 1 is 1.30 bits per heavy atom. The lowest BCUT2D eigenvalue weighted by molar-refractivity contribution is 0.139. The number of fused-ring (bicyclic) bond motifs is 2. The van der Waals surface area contributed by atoms with Crippen molar-refractivity contribution in [2.75, 3.05) is 18.9 Å². The smallest absolute Gasteiger partial charge is 0.101 e. The van der Waals surface area contributed by atoms with Crippen molar-refractivity contribution in [3.63, 3.8) is 0 Å². The van der Waals surface area contributed by atoms with Crippen LogP contribution < -0.4 is 5.32 Å². The van der Waals surface area contributed by atoms with E-state index in [0.29, 0.717) is 0 Å². The predicted octanol–water partition coefficient (Wildman–Crippen LogP) is 3.15. The number of aryl methyl sites for hydroxylation is 1. The molecule has 2 bridgehead atoms. The van der Waals surface area contributed by atoms with Gasteiger partial charge in [0.05, 0.1) is 11.3 Å². The third-order valence-electron chi connectivity index (χ3n) is 5.07. The van der Waals surface area contributed by atoms with E-state index in [1.807, 2.05) is 12.1 Å². The first-order valence-electron chi connectivity index (χ1n) is 7.64. The molecule has 1 aromatic rings. The summed E-state index contributed by atoms with van der Waals surface area (Å²) < 4.78 is 0. The molecule has 0 spiro atoms. The summed E-state index contributed by atoms with van der Waals surface area (Å²) >= 11 is 0. The summed E-state index contributed by atoms with van der Waals surface area (Å²) in [4.78, 5) is 2.57. The number of hydrogen-bond acceptors (Lipinski definition) is 3. The van der Waals surface area contributed by atoms with Crippen LogP contribution in [0.1, 0.15) is 36.8 Å². The maximum atomic E-state index is 9.18. The van der Waals surface area contributed by atoms with Gasteiger partial charge in [-0.3, -0.25) is 0 Å². The number of benzene rings is 1. The van der Waals surface area contributed by atoms with Crippen molar-refractivity contribution >= 4 is 5.69 Å². The second kappa shape index (κ2) is 5.46. The number of hydrogen-bond donors (Lipinski definition) is 1. The zero-order valence-electron chi connectivity index (χ0n) is 12.4. The van der Waals surface area contributed by atoms with Crippen LogP contribution in [0.25, 0.3) is 0 Å². The average molecular weight is 269 g/mol.